The molecular weight excluding hydrogens is 214 g/mol. The first-order valence-electron chi connectivity index (χ1n) is 4.91. The molecule has 2 amide bonds. The maximum absolute atomic E-state index is 12.1. The van der Waals surface area contributed by atoms with E-state index < -0.39 is 0 Å². The van der Waals surface area contributed by atoms with E-state index in [4.69, 9.17) is 0 Å². The first-order chi connectivity index (χ1) is 7.27. The number of carbonyl (C=O) groups excluding carboxylic acids is 2. The minimum absolute atomic E-state index is 0.0344. The van der Waals surface area contributed by atoms with Crippen molar-refractivity contribution in [1.82, 2.24) is 15.5 Å². The zero-order chi connectivity index (χ0) is 10.4. The molecule has 3 aliphatic heterocycles. The molecule has 0 aromatic heterocycles. The molecule has 5 nitrogen and oxygen atoms in total. The summed E-state index contributed by atoms with van der Waals surface area (Å²) in [5.41, 5.74) is 0. The van der Waals surface area contributed by atoms with E-state index in [9.17, 15) is 9.59 Å². The Morgan fingerprint density at radius 3 is 3.20 bits per heavy atom. The molecular formula is C9H11N3O2S. The molecule has 80 valence electrons. The Balaban J connectivity index is 1.95. The fraction of sp³-hybridized carbons (Fsp3) is 0.556. The fourth-order valence-corrected chi connectivity index (χ4v) is 3.23. The van der Waals surface area contributed by atoms with E-state index >= 15 is 0 Å². The van der Waals surface area contributed by atoms with Gasteiger partial charge in [0.25, 0.3) is 0 Å². The van der Waals surface area contributed by atoms with Gasteiger partial charge in [-0.1, -0.05) is 6.08 Å². The van der Waals surface area contributed by atoms with Crippen LogP contribution in [-0.4, -0.2) is 40.0 Å². The van der Waals surface area contributed by atoms with Crippen molar-refractivity contribution in [3.8, 4) is 0 Å². The number of nitrogens with one attached hydrogen (secondary N) is 2. The van der Waals surface area contributed by atoms with E-state index in [1.165, 1.54) is 0 Å². The summed E-state index contributed by atoms with van der Waals surface area (Å²) in [4.78, 5) is 25.4. The van der Waals surface area contributed by atoms with Gasteiger partial charge in [0.15, 0.2) is 0 Å². The Morgan fingerprint density at radius 2 is 2.33 bits per heavy atom. The van der Waals surface area contributed by atoms with Crippen molar-refractivity contribution in [2.75, 3.05) is 5.88 Å². The summed E-state index contributed by atoms with van der Waals surface area (Å²) in [6.45, 7) is 0. The van der Waals surface area contributed by atoms with Gasteiger partial charge in [0.05, 0.1) is 0 Å². The molecule has 0 aliphatic carbocycles. The van der Waals surface area contributed by atoms with E-state index in [1.54, 1.807) is 22.9 Å². The van der Waals surface area contributed by atoms with Crippen LogP contribution in [0.3, 0.4) is 0 Å². The van der Waals surface area contributed by atoms with Crippen molar-refractivity contribution >= 4 is 23.6 Å². The molecule has 2 N–H and O–H groups in total. The number of hydrogen-bond donors (Lipinski definition) is 2. The Hall–Kier alpha value is -1.01. The van der Waals surface area contributed by atoms with Crippen LogP contribution in [0.25, 0.3) is 0 Å². The van der Waals surface area contributed by atoms with Gasteiger partial charge < -0.3 is 10.2 Å². The van der Waals surface area contributed by atoms with Crippen LogP contribution in [0.15, 0.2) is 12.3 Å². The summed E-state index contributed by atoms with van der Waals surface area (Å²) in [7, 11) is 0. The van der Waals surface area contributed by atoms with Crippen LogP contribution in [0.5, 0.6) is 0 Å². The maximum Gasteiger partial charge on any atom is 0.244 e. The van der Waals surface area contributed by atoms with Crippen molar-refractivity contribution in [3.05, 3.63) is 12.3 Å². The molecule has 3 aliphatic rings. The highest BCUT2D eigenvalue weighted by Gasteiger charge is 2.45. The van der Waals surface area contributed by atoms with Crippen LogP contribution in [0.1, 0.15) is 6.42 Å². The van der Waals surface area contributed by atoms with E-state index in [0.717, 1.165) is 0 Å². The van der Waals surface area contributed by atoms with Gasteiger partial charge in [-0.05, 0) is 6.42 Å². The number of thioether (sulfide) groups is 1. The van der Waals surface area contributed by atoms with Gasteiger partial charge in [-0.3, -0.25) is 14.9 Å². The Labute approximate surface area is 91.3 Å². The zero-order valence-corrected chi connectivity index (χ0v) is 8.79. The average Bonchev–Trinajstić information content (AvgIpc) is 2.82. The molecule has 3 heterocycles. The van der Waals surface area contributed by atoms with E-state index in [1.807, 2.05) is 6.08 Å². The number of rotatable bonds is 0. The van der Waals surface area contributed by atoms with Crippen molar-refractivity contribution in [2.45, 2.75) is 23.9 Å². The van der Waals surface area contributed by atoms with Crippen LogP contribution in [0, 0.1) is 0 Å². The quantitative estimate of drug-likeness (QED) is 0.568. The highest BCUT2D eigenvalue weighted by molar-refractivity contribution is 8.00. The zero-order valence-electron chi connectivity index (χ0n) is 7.97. The lowest BCUT2D eigenvalue weighted by molar-refractivity contribution is -0.133. The summed E-state index contributed by atoms with van der Waals surface area (Å²) in [6, 6.07) is -0.328. The number of hydrogen-bond acceptors (Lipinski definition) is 4. The lowest BCUT2D eigenvalue weighted by Crippen LogP contribution is -2.48. The highest BCUT2D eigenvalue weighted by atomic mass is 32.2. The normalized spacial score (nSPS) is 38.7. The molecule has 2 fully saturated rings. The molecule has 6 heteroatoms. The predicted molar refractivity (Wildman–Crippen MR) is 55.7 cm³/mol. The number of carbonyl (C=O) groups is 2. The van der Waals surface area contributed by atoms with E-state index in [-0.39, 0.29) is 29.3 Å². The highest BCUT2D eigenvalue weighted by Crippen LogP contribution is 2.28. The fourth-order valence-electron chi connectivity index (χ4n) is 2.15. The van der Waals surface area contributed by atoms with Gasteiger partial charge in [-0.2, -0.15) is 0 Å². The largest absolute Gasteiger partial charge is 0.337 e. The first kappa shape index (κ1) is 9.23. The van der Waals surface area contributed by atoms with Gasteiger partial charge in [0.1, 0.15) is 17.5 Å². The summed E-state index contributed by atoms with van der Waals surface area (Å²) in [5, 5.41) is 5.80. The van der Waals surface area contributed by atoms with Crippen LogP contribution >= 0.6 is 11.8 Å². The second-order valence-corrected chi connectivity index (χ2v) is 4.93. The van der Waals surface area contributed by atoms with Gasteiger partial charge in [0.2, 0.25) is 11.8 Å². The van der Waals surface area contributed by atoms with Crippen LogP contribution < -0.4 is 10.6 Å². The van der Waals surface area contributed by atoms with Crippen molar-refractivity contribution < 1.29 is 9.59 Å². The standard InChI is InChI=1S/C9H11N3O2S/c13-8-5-2-1-3-12(5)9(14)6-7(11-8)10-4-15-6/h1,3,5-7,10H,2,4H2,(H,11,13). The monoisotopic (exact) mass is 225 g/mol. The minimum atomic E-state index is -0.328. The molecule has 0 aromatic rings. The second-order valence-electron chi connectivity index (χ2n) is 3.80. The van der Waals surface area contributed by atoms with Crippen molar-refractivity contribution in [1.29, 1.82) is 0 Å². The topological polar surface area (TPSA) is 61.4 Å². The van der Waals surface area contributed by atoms with Crippen LogP contribution in [0.4, 0.5) is 0 Å². The number of fused-ring (bicyclic) bond motifs is 2. The second kappa shape index (κ2) is 3.24. The summed E-state index contributed by atoms with van der Waals surface area (Å²) < 4.78 is 0. The summed E-state index contributed by atoms with van der Waals surface area (Å²) in [6.07, 6.45) is 4.03. The SMILES string of the molecule is O=C1NC2NCSC2C(=O)N2C=CCC12. The third kappa shape index (κ3) is 1.28. The van der Waals surface area contributed by atoms with Crippen LogP contribution in [-0.2, 0) is 9.59 Å². The number of nitrogens with zero attached hydrogens (tertiary/aromatic N) is 1. The molecule has 3 rings (SSSR count). The van der Waals surface area contributed by atoms with E-state index in [2.05, 4.69) is 10.6 Å². The van der Waals surface area contributed by atoms with Gasteiger partial charge in [-0.15, -0.1) is 11.8 Å². The third-order valence-corrected chi connectivity index (χ3v) is 4.09. The molecule has 2 saturated heterocycles. The average molecular weight is 225 g/mol. The molecule has 15 heavy (non-hydrogen) atoms. The van der Waals surface area contributed by atoms with Crippen molar-refractivity contribution in [3.63, 3.8) is 0 Å². The Morgan fingerprint density at radius 1 is 1.47 bits per heavy atom. The number of amides is 2. The maximum atomic E-state index is 12.1. The smallest absolute Gasteiger partial charge is 0.244 e. The lowest BCUT2D eigenvalue weighted by Gasteiger charge is -2.20. The van der Waals surface area contributed by atoms with E-state index in [0.29, 0.717) is 12.3 Å². The van der Waals surface area contributed by atoms with Crippen molar-refractivity contribution in [2.24, 2.45) is 0 Å². The summed E-state index contributed by atoms with van der Waals surface area (Å²) in [5.74, 6) is 0.687. The molecule has 0 radical (unpaired) electrons. The predicted octanol–water partition coefficient (Wildman–Crippen LogP) is -0.781. The molecule has 3 atom stereocenters. The van der Waals surface area contributed by atoms with Gasteiger partial charge >= 0.3 is 0 Å². The van der Waals surface area contributed by atoms with Gasteiger partial charge in [-0.25, -0.2) is 0 Å². The molecule has 0 spiro atoms. The Kier molecular flexibility index (Phi) is 2.00. The molecule has 0 saturated carbocycles. The lowest BCUT2D eigenvalue weighted by atomic mass is 10.2. The Bertz CT molecular complexity index is 357. The van der Waals surface area contributed by atoms with Crippen LogP contribution in [0.2, 0.25) is 0 Å². The summed E-state index contributed by atoms with van der Waals surface area (Å²) >= 11 is 1.55. The van der Waals surface area contributed by atoms with Gasteiger partial charge in [0, 0.05) is 12.1 Å². The molecule has 0 aromatic carbocycles. The minimum Gasteiger partial charge on any atom is -0.337 e. The first-order valence-corrected chi connectivity index (χ1v) is 5.96. The molecule has 3 unspecified atom stereocenters. The molecule has 0 bridgehead atoms. The third-order valence-electron chi connectivity index (χ3n) is 2.93.